The highest BCUT2D eigenvalue weighted by Crippen LogP contribution is 2.23. The van der Waals surface area contributed by atoms with Gasteiger partial charge >= 0.3 is 0 Å². The van der Waals surface area contributed by atoms with Gasteiger partial charge in [0.1, 0.15) is 5.75 Å². The SMILES string of the molecule is CC(c1cccc([N+](=O)[O-])c1)N(C)C(=O)COc1ccc(I)cc1. The summed E-state index contributed by atoms with van der Waals surface area (Å²) in [5.41, 5.74) is 0.713. The second-order valence-electron chi connectivity index (χ2n) is 5.28. The van der Waals surface area contributed by atoms with Crippen molar-refractivity contribution in [2.45, 2.75) is 13.0 Å². The molecular formula is C17H17IN2O4. The molecule has 0 aromatic heterocycles. The molecule has 0 fully saturated rings. The highest BCUT2D eigenvalue weighted by molar-refractivity contribution is 14.1. The maximum absolute atomic E-state index is 12.3. The first-order valence-corrected chi connectivity index (χ1v) is 8.34. The molecule has 0 heterocycles. The van der Waals surface area contributed by atoms with Crippen molar-refractivity contribution in [3.63, 3.8) is 0 Å². The van der Waals surface area contributed by atoms with Gasteiger partial charge < -0.3 is 9.64 Å². The van der Waals surface area contributed by atoms with Gasteiger partial charge in [-0.2, -0.15) is 0 Å². The number of nitrogens with zero attached hydrogens (tertiary/aromatic N) is 2. The van der Waals surface area contributed by atoms with Gasteiger partial charge in [0.15, 0.2) is 6.61 Å². The fourth-order valence-corrected chi connectivity index (χ4v) is 2.48. The van der Waals surface area contributed by atoms with Crippen molar-refractivity contribution in [3.8, 4) is 5.75 Å². The van der Waals surface area contributed by atoms with Crippen LogP contribution in [-0.2, 0) is 4.79 Å². The lowest BCUT2D eigenvalue weighted by Gasteiger charge is -2.25. The van der Waals surface area contributed by atoms with E-state index in [-0.39, 0.29) is 24.2 Å². The number of carbonyl (C=O) groups excluding carboxylic acids is 1. The summed E-state index contributed by atoms with van der Waals surface area (Å²) in [5.74, 6) is 0.424. The predicted octanol–water partition coefficient (Wildman–Crippen LogP) is 3.80. The van der Waals surface area contributed by atoms with E-state index in [0.717, 1.165) is 3.57 Å². The smallest absolute Gasteiger partial charge is 0.269 e. The van der Waals surface area contributed by atoms with Gasteiger partial charge in [-0.15, -0.1) is 0 Å². The quantitative estimate of drug-likeness (QED) is 0.389. The molecule has 2 aromatic rings. The predicted molar refractivity (Wildman–Crippen MR) is 98.9 cm³/mol. The zero-order valence-electron chi connectivity index (χ0n) is 13.3. The Hall–Kier alpha value is -2.16. The number of halogens is 1. The van der Waals surface area contributed by atoms with Crippen LogP contribution in [0.4, 0.5) is 5.69 Å². The molecule has 0 aliphatic rings. The number of carbonyl (C=O) groups is 1. The molecule has 0 spiro atoms. The summed E-state index contributed by atoms with van der Waals surface area (Å²) in [6.45, 7) is 1.73. The number of benzene rings is 2. The van der Waals surface area contributed by atoms with Gasteiger partial charge in [0.2, 0.25) is 0 Å². The van der Waals surface area contributed by atoms with Crippen LogP contribution in [0.2, 0.25) is 0 Å². The summed E-state index contributed by atoms with van der Waals surface area (Å²) in [6.07, 6.45) is 0. The Bertz CT molecular complexity index is 734. The third-order valence-corrected chi connectivity index (χ3v) is 4.43. The standard InChI is InChI=1S/C17H17IN2O4/c1-12(13-4-3-5-15(10-13)20(22)23)19(2)17(21)11-24-16-8-6-14(18)7-9-16/h3-10,12H,11H2,1-2H3. The molecular weight excluding hydrogens is 423 g/mol. The average molecular weight is 440 g/mol. The van der Waals surface area contributed by atoms with E-state index in [4.69, 9.17) is 4.74 Å². The van der Waals surface area contributed by atoms with Gasteiger partial charge in [0.05, 0.1) is 11.0 Å². The topological polar surface area (TPSA) is 72.7 Å². The molecule has 0 aliphatic carbocycles. The monoisotopic (exact) mass is 440 g/mol. The first kappa shape index (κ1) is 18.2. The molecule has 0 N–H and O–H groups in total. The number of nitro benzene ring substituents is 1. The maximum Gasteiger partial charge on any atom is 0.269 e. The summed E-state index contributed by atoms with van der Waals surface area (Å²) >= 11 is 2.19. The molecule has 126 valence electrons. The van der Waals surface area contributed by atoms with E-state index in [1.165, 1.54) is 17.0 Å². The van der Waals surface area contributed by atoms with Gasteiger partial charge in [0.25, 0.3) is 11.6 Å². The van der Waals surface area contributed by atoms with Crippen molar-refractivity contribution in [3.05, 3.63) is 67.8 Å². The molecule has 0 aliphatic heterocycles. The molecule has 0 bridgehead atoms. The Morgan fingerprint density at radius 1 is 1.29 bits per heavy atom. The van der Waals surface area contributed by atoms with E-state index < -0.39 is 4.92 Å². The van der Waals surface area contributed by atoms with Crippen LogP contribution >= 0.6 is 22.6 Å². The molecule has 1 atom stereocenters. The minimum Gasteiger partial charge on any atom is -0.484 e. The van der Waals surface area contributed by atoms with E-state index in [1.54, 1.807) is 31.3 Å². The van der Waals surface area contributed by atoms with Crippen molar-refractivity contribution in [1.29, 1.82) is 0 Å². The Morgan fingerprint density at radius 2 is 1.96 bits per heavy atom. The number of likely N-dealkylation sites (N-methyl/N-ethyl adjacent to an activating group) is 1. The van der Waals surface area contributed by atoms with E-state index in [0.29, 0.717) is 11.3 Å². The highest BCUT2D eigenvalue weighted by Gasteiger charge is 2.19. The maximum atomic E-state index is 12.3. The summed E-state index contributed by atoms with van der Waals surface area (Å²) in [5, 5.41) is 10.9. The molecule has 1 unspecified atom stereocenters. The number of hydrogen-bond donors (Lipinski definition) is 0. The molecule has 6 nitrogen and oxygen atoms in total. The van der Waals surface area contributed by atoms with Gasteiger partial charge in [-0.05, 0) is 59.3 Å². The lowest BCUT2D eigenvalue weighted by atomic mass is 10.1. The van der Waals surface area contributed by atoms with Crippen molar-refractivity contribution < 1.29 is 14.5 Å². The first-order valence-electron chi connectivity index (χ1n) is 7.27. The molecule has 0 saturated carbocycles. The van der Waals surface area contributed by atoms with E-state index >= 15 is 0 Å². The third-order valence-electron chi connectivity index (χ3n) is 3.71. The molecule has 2 rings (SSSR count). The average Bonchev–Trinajstić information content (AvgIpc) is 2.59. The molecule has 1 amide bonds. The summed E-state index contributed by atoms with van der Waals surface area (Å²) in [6, 6.07) is 13.4. The Morgan fingerprint density at radius 3 is 2.58 bits per heavy atom. The van der Waals surface area contributed by atoms with Crippen molar-refractivity contribution >= 4 is 34.2 Å². The largest absolute Gasteiger partial charge is 0.484 e. The van der Waals surface area contributed by atoms with Crippen molar-refractivity contribution in [2.75, 3.05) is 13.7 Å². The van der Waals surface area contributed by atoms with Crippen LogP contribution in [0.15, 0.2) is 48.5 Å². The Kier molecular flexibility index (Phi) is 6.13. The van der Waals surface area contributed by atoms with Crippen LogP contribution < -0.4 is 4.74 Å². The van der Waals surface area contributed by atoms with Gasteiger partial charge in [-0.3, -0.25) is 14.9 Å². The molecule has 2 aromatic carbocycles. The summed E-state index contributed by atoms with van der Waals surface area (Å²) in [7, 11) is 1.66. The van der Waals surface area contributed by atoms with Crippen LogP contribution in [0.25, 0.3) is 0 Å². The van der Waals surface area contributed by atoms with Crippen molar-refractivity contribution in [1.82, 2.24) is 4.90 Å². The number of nitro groups is 1. The van der Waals surface area contributed by atoms with E-state index in [2.05, 4.69) is 22.6 Å². The fourth-order valence-electron chi connectivity index (χ4n) is 2.12. The zero-order valence-corrected chi connectivity index (χ0v) is 15.5. The number of ether oxygens (including phenoxy) is 1. The molecule has 0 saturated heterocycles. The molecule has 7 heteroatoms. The molecule has 0 radical (unpaired) electrons. The van der Waals surface area contributed by atoms with Crippen LogP contribution in [0.1, 0.15) is 18.5 Å². The van der Waals surface area contributed by atoms with Crippen LogP contribution in [0.5, 0.6) is 5.75 Å². The first-order chi connectivity index (χ1) is 11.4. The summed E-state index contributed by atoms with van der Waals surface area (Å²) in [4.78, 5) is 24.2. The normalized spacial score (nSPS) is 11.6. The summed E-state index contributed by atoms with van der Waals surface area (Å²) < 4.78 is 6.57. The van der Waals surface area contributed by atoms with E-state index in [9.17, 15) is 14.9 Å². The van der Waals surface area contributed by atoms with Crippen LogP contribution in [0.3, 0.4) is 0 Å². The zero-order chi connectivity index (χ0) is 17.7. The minimum absolute atomic E-state index is 0.00957. The number of hydrogen-bond acceptors (Lipinski definition) is 4. The number of rotatable bonds is 6. The Balaban J connectivity index is 2.00. The van der Waals surface area contributed by atoms with Crippen LogP contribution in [0, 0.1) is 13.7 Å². The van der Waals surface area contributed by atoms with E-state index in [1.807, 2.05) is 19.1 Å². The third kappa shape index (κ3) is 4.67. The number of non-ortho nitro benzene ring substituents is 1. The van der Waals surface area contributed by atoms with Crippen molar-refractivity contribution in [2.24, 2.45) is 0 Å². The fraction of sp³-hybridized carbons (Fsp3) is 0.235. The molecule has 24 heavy (non-hydrogen) atoms. The second-order valence-corrected chi connectivity index (χ2v) is 6.52. The lowest BCUT2D eigenvalue weighted by molar-refractivity contribution is -0.384. The highest BCUT2D eigenvalue weighted by atomic mass is 127. The van der Waals surface area contributed by atoms with Gasteiger partial charge in [-0.1, -0.05) is 12.1 Å². The second kappa shape index (κ2) is 8.09. The van der Waals surface area contributed by atoms with Gasteiger partial charge in [-0.25, -0.2) is 0 Å². The number of amides is 1. The van der Waals surface area contributed by atoms with Crippen LogP contribution in [-0.4, -0.2) is 29.4 Å². The van der Waals surface area contributed by atoms with Gasteiger partial charge in [0, 0.05) is 22.8 Å². The lowest BCUT2D eigenvalue weighted by Crippen LogP contribution is -2.33. The Labute approximate surface area is 153 Å². The minimum atomic E-state index is -0.447.